The molecule has 0 aliphatic heterocycles. The van der Waals surface area contributed by atoms with E-state index in [9.17, 15) is 18.0 Å². The Hall–Kier alpha value is -2.90. The highest BCUT2D eigenvalue weighted by Crippen LogP contribution is 2.40. The summed E-state index contributed by atoms with van der Waals surface area (Å²) in [7, 11) is 1.68. The molecule has 1 saturated carbocycles. The van der Waals surface area contributed by atoms with Crippen LogP contribution in [0.25, 0.3) is 0 Å². The monoisotopic (exact) mass is 536 g/mol. The first-order valence-electron chi connectivity index (χ1n) is 11.5. The number of hydrogen-bond acceptors (Lipinski definition) is 3. The highest BCUT2D eigenvalue weighted by atomic mass is 35.5. The van der Waals surface area contributed by atoms with Crippen LogP contribution in [0, 0.1) is 0 Å². The molecule has 3 aromatic rings. The van der Waals surface area contributed by atoms with Crippen molar-refractivity contribution in [2.24, 2.45) is 0 Å². The fourth-order valence-electron chi connectivity index (χ4n) is 4.07. The summed E-state index contributed by atoms with van der Waals surface area (Å²) in [5, 5.41) is 3.38. The maximum absolute atomic E-state index is 13.7. The molecule has 4 rings (SSSR count). The molecule has 0 unspecified atom stereocenters. The summed E-state index contributed by atoms with van der Waals surface area (Å²) in [6, 6.07) is 17.2. The summed E-state index contributed by atoms with van der Waals surface area (Å²) in [5.41, 5.74) is 3.60. The minimum absolute atomic E-state index is 0.142. The van der Waals surface area contributed by atoms with Crippen LogP contribution in [0.15, 0.2) is 60.7 Å². The Morgan fingerprint density at radius 3 is 2.42 bits per heavy atom. The average molecular weight is 537 g/mol. The zero-order chi connectivity index (χ0) is 25.9. The van der Waals surface area contributed by atoms with Crippen molar-refractivity contribution in [1.29, 1.82) is 0 Å². The third-order valence-corrected chi connectivity index (χ3v) is 6.87. The number of amides is 1. The number of nitrogens with zero attached hydrogens (tertiary/aromatic N) is 1. The zero-order valence-corrected chi connectivity index (χ0v) is 21.1. The standard InChI is InChI=1S/C27H25Cl2F3N2O2/c1-33-23-12-11-22(28)25(29)24(23)26(35)34(16-18-5-7-19(8-6-18)20-9-10-20)14-13-17-3-2-4-21(15-17)36-27(30,31)32/h2-8,11-12,15,20,33H,9-10,13-14,16H2,1H3. The third kappa shape index (κ3) is 6.65. The number of hydrogen-bond donors (Lipinski definition) is 1. The van der Waals surface area contributed by atoms with Crippen LogP contribution in [-0.4, -0.2) is 30.8 Å². The fourth-order valence-corrected chi connectivity index (χ4v) is 4.48. The molecular formula is C27H25Cl2F3N2O2. The van der Waals surface area contributed by atoms with Gasteiger partial charge in [-0.1, -0.05) is 59.6 Å². The van der Waals surface area contributed by atoms with E-state index in [1.807, 2.05) is 12.1 Å². The molecule has 0 radical (unpaired) electrons. The molecule has 0 bridgehead atoms. The van der Waals surface area contributed by atoms with E-state index >= 15 is 0 Å². The maximum Gasteiger partial charge on any atom is 0.573 e. The van der Waals surface area contributed by atoms with Crippen LogP contribution < -0.4 is 10.1 Å². The molecule has 3 aromatic carbocycles. The van der Waals surface area contributed by atoms with Gasteiger partial charge in [0, 0.05) is 25.8 Å². The van der Waals surface area contributed by atoms with E-state index < -0.39 is 6.36 Å². The molecule has 0 aromatic heterocycles. The van der Waals surface area contributed by atoms with Crippen molar-refractivity contribution in [2.45, 2.75) is 38.1 Å². The lowest BCUT2D eigenvalue weighted by Gasteiger charge is -2.25. The van der Waals surface area contributed by atoms with E-state index in [4.69, 9.17) is 23.2 Å². The molecule has 4 nitrogen and oxygen atoms in total. The van der Waals surface area contributed by atoms with Crippen LogP contribution in [0.4, 0.5) is 18.9 Å². The SMILES string of the molecule is CNc1ccc(Cl)c(Cl)c1C(=O)N(CCc1cccc(OC(F)(F)F)c1)Cc1ccc(C2CC2)cc1. The number of carbonyl (C=O) groups is 1. The molecule has 0 saturated heterocycles. The molecule has 9 heteroatoms. The van der Waals surface area contributed by atoms with Gasteiger partial charge >= 0.3 is 6.36 Å². The first-order chi connectivity index (χ1) is 17.1. The van der Waals surface area contributed by atoms with Gasteiger partial charge in [0.15, 0.2) is 0 Å². The summed E-state index contributed by atoms with van der Waals surface area (Å²) in [6.45, 7) is 0.541. The Kier molecular flexibility index (Phi) is 8.00. The quantitative estimate of drug-likeness (QED) is 0.304. The molecule has 190 valence electrons. The lowest BCUT2D eigenvalue weighted by molar-refractivity contribution is -0.274. The van der Waals surface area contributed by atoms with Crippen molar-refractivity contribution in [3.05, 3.63) is 93.0 Å². The van der Waals surface area contributed by atoms with Gasteiger partial charge in [-0.25, -0.2) is 0 Å². The number of ether oxygens (including phenoxy) is 1. The number of halogens is 5. The Morgan fingerprint density at radius 1 is 1.06 bits per heavy atom. The van der Waals surface area contributed by atoms with E-state index in [1.165, 1.54) is 36.6 Å². The van der Waals surface area contributed by atoms with Crippen LogP contribution in [0.2, 0.25) is 10.0 Å². The van der Waals surface area contributed by atoms with E-state index in [2.05, 4.69) is 22.2 Å². The lowest BCUT2D eigenvalue weighted by Crippen LogP contribution is -2.33. The van der Waals surface area contributed by atoms with Gasteiger partial charge < -0.3 is 15.0 Å². The number of alkyl halides is 3. The van der Waals surface area contributed by atoms with Crippen LogP contribution in [0.3, 0.4) is 0 Å². The Balaban J connectivity index is 1.59. The summed E-state index contributed by atoms with van der Waals surface area (Å²) in [4.78, 5) is 15.4. The van der Waals surface area contributed by atoms with Crippen LogP contribution in [0.5, 0.6) is 5.75 Å². The second kappa shape index (κ2) is 11.0. The Bertz CT molecular complexity index is 1230. The van der Waals surface area contributed by atoms with E-state index in [1.54, 1.807) is 30.1 Å². The van der Waals surface area contributed by atoms with Gasteiger partial charge in [0.2, 0.25) is 0 Å². The van der Waals surface area contributed by atoms with E-state index in [-0.39, 0.29) is 33.8 Å². The van der Waals surface area contributed by atoms with Gasteiger partial charge in [-0.05, 0) is 66.1 Å². The summed E-state index contributed by atoms with van der Waals surface area (Å²) < 4.78 is 42.0. The van der Waals surface area contributed by atoms with E-state index in [0.717, 1.165) is 5.56 Å². The molecule has 1 amide bonds. The lowest BCUT2D eigenvalue weighted by atomic mass is 10.1. The summed E-state index contributed by atoms with van der Waals surface area (Å²) >= 11 is 12.7. The molecule has 0 atom stereocenters. The largest absolute Gasteiger partial charge is 0.573 e. The smallest absolute Gasteiger partial charge is 0.406 e. The van der Waals surface area contributed by atoms with Crippen molar-refractivity contribution in [1.82, 2.24) is 4.90 Å². The van der Waals surface area contributed by atoms with E-state index in [0.29, 0.717) is 30.1 Å². The predicted molar refractivity (Wildman–Crippen MR) is 136 cm³/mol. The normalized spacial score (nSPS) is 13.4. The maximum atomic E-state index is 13.7. The zero-order valence-electron chi connectivity index (χ0n) is 19.5. The van der Waals surface area contributed by atoms with Crippen LogP contribution >= 0.6 is 23.2 Å². The molecular weight excluding hydrogens is 512 g/mol. The van der Waals surface area contributed by atoms with Crippen molar-refractivity contribution in [3.8, 4) is 5.75 Å². The predicted octanol–water partition coefficient (Wildman–Crippen LogP) is 7.70. The first kappa shape index (κ1) is 26.2. The Morgan fingerprint density at radius 2 is 1.78 bits per heavy atom. The third-order valence-electron chi connectivity index (χ3n) is 6.07. The number of rotatable bonds is 9. The minimum Gasteiger partial charge on any atom is -0.406 e. The topological polar surface area (TPSA) is 41.6 Å². The van der Waals surface area contributed by atoms with Crippen LogP contribution in [-0.2, 0) is 13.0 Å². The molecule has 36 heavy (non-hydrogen) atoms. The average Bonchev–Trinajstić information content (AvgIpc) is 3.68. The number of anilines is 1. The number of carbonyl (C=O) groups excluding carboxylic acids is 1. The molecule has 1 aliphatic carbocycles. The highest BCUT2D eigenvalue weighted by Gasteiger charge is 2.31. The fraction of sp³-hybridized carbons (Fsp3) is 0.296. The molecule has 0 heterocycles. The summed E-state index contributed by atoms with van der Waals surface area (Å²) in [6.07, 6.45) is -2.07. The van der Waals surface area contributed by atoms with Crippen molar-refractivity contribution < 1.29 is 22.7 Å². The molecule has 0 spiro atoms. The van der Waals surface area contributed by atoms with Gasteiger partial charge in [-0.15, -0.1) is 13.2 Å². The number of benzene rings is 3. The van der Waals surface area contributed by atoms with Gasteiger partial charge in [0.05, 0.1) is 15.6 Å². The Labute approximate surface area is 218 Å². The van der Waals surface area contributed by atoms with Gasteiger partial charge in [-0.2, -0.15) is 0 Å². The minimum atomic E-state index is -4.78. The number of nitrogens with one attached hydrogen (secondary N) is 1. The van der Waals surface area contributed by atoms with Gasteiger partial charge in [0.25, 0.3) is 5.91 Å². The molecule has 1 fully saturated rings. The van der Waals surface area contributed by atoms with Crippen molar-refractivity contribution in [3.63, 3.8) is 0 Å². The molecule has 1 N–H and O–H groups in total. The highest BCUT2D eigenvalue weighted by molar-refractivity contribution is 6.44. The van der Waals surface area contributed by atoms with Crippen molar-refractivity contribution >= 4 is 34.8 Å². The second-order valence-electron chi connectivity index (χ2n) is 8.72. The van der Waals surface area contributed by atoms with Crippen LogP contribution in [0.1, 0.15) is 45.8 Å². The second-order valence-corrected chi connectivity index (χ2v) is 9.51. The molecule has 1 aliphatic rings. The van der Waals surface area contributed by atoms with Gasteiger partial charge in [0.1, 0.15) is 5.75 Å². The van der Waals surface area contributed by atoms with Crippen molar-refractivity contribution in [2.75, 3.05) is 18.9 Å². The summed E-state index contributed by atoms with van der Waals surface area (Å²) in [5.74, 6) is -0.0175. The van der Waals surface area contributed by atoms with Gasteiger partial charge in [-0.3, -0.25) is 4.79 Å². The first-order valence-corrected chi connectivity index (χ1v) is 12.3.